The number of rotatable bonds is 4. The van der Waals surface area contributed by atoms with Gasteiger partial charge in [-0.25, -0.2) is 0 Å². The van der Waals surface area contributed by atoms with Gasteiger partial charge < -0.3 is 9.30 Å². The van der Waals surface area contributed by atoms with Crippen LogP contribution in [0.15, 0.2) is 54.6 Å². The number of ether oxygens (including phenoxy) is 1. The predicted octanol–water partition coefficient (Wildman–Crippen LogP) is 5.17. The molecule has 0 fully saturated rings. The van der Waals surface area contributed by atoms with Crippen LogP contribution in [-0.2, 0) is 6.61 Å². The number of para-hydroxylation sites is 1. The van der Waals surface area contributed by atoms with Crippen LogP contribution in [0, 0.1) is 0 Å². The van der Waals surface area contributed by atoms with Gasteiger partial charge in [-0.3, -0.25) is 0 Å². The highest BCUT2D eigenvalue weighted by atomic mass is 28.3. The molecule has 1 heterocycles. The number of nitrogens with zero attached hydrogens (tertiary/aromatic N) is 1. The molecule has 3 heteroatoms. The molecule has 0 unspecified atom stereocenters. The van der Waals surface area contributed by atoms with Crippen LogP contribution in [0.5, 0.6) is 5.75 Å². The fourth-order valence-corrected chi connectivity index (χ4v) is 3.78. The van der Waals surface area contributed by atoms with Gasteiger partial charge in [0.2, 0.25) is 0 Å². The van der Waals surface area contributed by atoms with Crippen LogP contribution in [0.4, 0.5) is 0 Å². The number of fused-ring (bicyclic) bond motifs is 2. The largest absolute Gasteiger partial charge is 0.488 e. The minimum atomic E-state index is -1.22. The third kappa shape index (κ3) is 3.63. The standard InChI is InChI=1S/C21H27NOSi/c1-22(24(2,3)4)15-9-13-19-18-11-6-5-10-17(18)16-23-21-14-8-7-12-20(19)21/h5-8,10-14H,9,15-16H2,1-4H3/b19-13-. The summed E-state index contributed by atoms with van der Waals surface area (Å²) in [5, 5.41) is 0. The van der Waals surface area contributed by atoms with E-state index in [0.29, 0.717) is 6.61 Å². The van der Waals surface area contributed by atoms with Crippen LogP contribution in [0.2, 0.25) is 19.6 Å². The Kier molecular flexibility index (Phi) is 4.92. The molecule has 3 rings (SSSR count). The van der Waals surface area contributed by atoms with Crippen molar-refractivity contribution >= 4 is 13.8 Å². The summed E-state index contributed by atoms with van der Waals surface area (Å²) < 4.78 is 8.58. The molecule has 2 nitrogen and oxygen atoms in total. The SMILES string of the molecule is CN(CC/C=C1/c2ccccc2COc2ccccc21)[Si](C)(C)C. The molecule has 126 valence electrons. The van der Waals surface area contributed by atoms with Crippen molar-refractivity contribution in [3.05, 3.63) is 71.3 Å². The third-order valence-electron chi connectivity index (χ3n) is 4.83. The number of benzene rings is 2. The van der Waals surface area contributed by atoms with Crippen molar-refractivity contribution in [1.29, 1.82) is 0 Å². The third-order valence-corrected chi connectivity index (χ3v) is 7.34. The molecule has 0 atom stereocenters. The van der Waals surface area contributed by atoms with Gasteiger partial charge in [-0.1, -0.05) is 68.2 Å². The summed E-state index contributed by atoms with van der Waals surface area (Å²) in [5.41, 5.74) is 5.08. The van der Waals surface area contributed by atoms with Crippen LogP contribution in [0.3, 0.4) is 0 Å². The van der Waals surface area contributed by atoms with E-state index in [2.05, 4.69) is 79.8 Å². The average Bonchev–Trinajstić information content (AvgIpc) is 2.72. The zero-order chi connectivity index (χ0) is 17.2. The molecule has 0 aromatic heterocycles. The second kappa shape index (κ2) is 6.95. The molecule has 0 bridgehead atoms. The van der Waals surface area contributed by atoms with E-state index >= 15 is 0 Å². The first kappa shape index (κ1) is 17.0. The van der Waals surface area contributed by atoms with E-state index in [1.807, 2.05) is 6.07 Å². The molecule has 1 aliphatic heterocycles. The molecule has 0 aliphatic carbocycles. The molecule has 2 aromatic rings. The Hall–Kier alpha value is -1.84. The fraction of sp³-hybridized carbons (Fsp3) is 0.333. The second-order valence-corrected chi connectivity index (χ2v) is 12.5. The van der Waals surface area contributed by atoms with Crippen molar-refractivity contribution in [2.24, 2.45) is 0 Å². The molecule has 0 spiro atoms. The Bertz CT molecular complexity index is 696. The lowest BCUT2D eigenvalue weighted by atomic mass is 9.93. The lowest BCUT2D eigenvalue weighted by Gasteiger charge is -2.29. The molecule has 0 N–H and O–H groups in total. The summed E-state index contributed by atoms with van der Waals surface area (Å²) in [6, 6.07) is 17.0. The van der Waals surface area contributed by atoms with Crippen molar-refractivity contribution in [3.63, 3.8) is 0 Å². The molecule has 0 radical (unpaired) electrons. The van der Waals surface area contributed by atoms with E-state index < -0.39 is 8.24 Å². The smallest absolute Gasteiger partial charge is 0.127 e. The van der Waals surface area contributed by atoms with Crippen LogP contribution >= 0.6 is 0 Å². The lowest BCUT2D eigenvalue weighted by Crippen LogP contribution is -2.43. The Labute approximate surface area is 146 Å². The highest BCUT2D eigenvalue weighted by Crippen LogP contribution is 2.36. The van der Waals surface area contributed by atoms with E-state index in [4.69, 9.17) is 4.74 Å². The van der Waals surface area contributed by atoms with Gasteiger partial charge in [-0.05, 0) is 42.8 Å². The maximum atomic E-state index is 6.04. The van der Waals surface area contributed by atoms with Crippen LogP contribution in [0.1, 0.15) is 23.1 Å². The van der Waals surface area contributed by atoms with Crippen molar-refractivity contribution < 1.29 is 4.74 Å². The molecule has 2 aromatic carbocycles. The highest BCUT2D eigenvalue weighted by molar-refractivity contribution is 6.73. The topological polar surface area (TPSA) is 12.5 Å². The van der Waals surface area contributed by atoms with Gasteiger partial charge in [0.25, 0.3) is 0 Å². The van der Waals surface area contributed by atoms with Gasteiger partial charge in [0.05, 0.1) is 0 Å². The van der Waals surface area contributed by atoms with Gasteiger partial charge in [0.15, 0.2) is 0 Å². The van der Waals surface area contributed by atoms with E-state index in [1.54, 1.807) is 0 Å². The Morgan fingerprint density at radius 3 is 2.42 bits per heavy atom. The Balaban J connectivity index is 1.95. The van der Waals surface area contributed by atoms with Crippen LogP contribution in [0.25, 0.3) is 5.57 Å². The highest BCUT2D eigenvalue weighted by Gasteiger charge is 2.20. The number of hydrogen-bond donors (Lipinski definition) is 0. The predicted molar refractivity (Wildman–Crippen MR) is 105 cm³/mol. The quantitative estimate of drug-likeness (QED) is 0.714. The average molecular weight is 338 g/mol. The minimum absolute atomic E-state index is 0.638. The van der Waals surface area contributed by atoms with Gasteiger partial charge in [0.1, 0.15) is 20.6 Å². The van der Waals surface area contributed by atoms with Crippen molar-refractivity contribution in [1.82, 2.24) is 4.57 Å². The summed E-state index contributed by atoms with van der Waals surface area (Å²) in [4.78, 5) is 0. The Morgan fingerprint density at radius 2 is 1.67 bits per heavy atom. The molecule has 24 heavy (non-hydrogen) atoms. The number of hydrogen-bond acceptors (Lipinski definition) is 2. The summed E-state index contributed by atoms with van der Waals surface area (Å²) >= 11 is 0. The van der Waals surface area contributed by atoms with Gasteiger partial charge in [0, 0.05) is 5.56 Å². The van der Waals surface area contributed by atoms with Crippen molar-refractivity contribution in [2.45, 2.75) is 32.7 Å². The summed E-state index contributed by atoms with van der Waals surface area (Å²) in [6.45, 7) is 8.92. The van der Waals surface area contributed by atoms with E-state index in [0.717, 1.165) is 18.7 Å². The molecule has 0 saturated heterocycles. The monoisotopic (exact) mass is 337 g/mol. The molecular weight excluding hydrogens is 310 g/mol. The first-order chi connectivity index (χ1) is 11.5. The summed E-state index contributed by atoms with van der Waals surface area (Å²) in [6.07, 6.45) is 3.45. The first-order valence-electron chi connectivity index (χ1n) is 8.69. The van der Waals surface area contributed by atoms with Gasteiger partial charge in [-0.2, -0.15) is 0 Å². The summed E-state index contributed by atoms with van der Waals surface area (Å²) in [5.74, 6) is 0.985. The maximum absolute atomic E-state index is 6.04. The summed E-state index contributed by atoms with van der Waals surface area (Å²) in [7, 11) is 1.03. The van der Waals surface area contributed by atoms with Crippen molar-refractivity contribution in [3.8, 4) is 5.75 Å². The molecule has 1 aliphatic rings. The van der Waals surface area contributed by atoms with E-state index in [-0.39, 0.29) is 0 Å². The van der Waals surface area contributed by atoms with Crippen LogP contribution in [-0.4, -0.2) is 26.4 Å². The zero-order valence-electron chi connectivity index (χ0n) is 15.2. The normalized spacial score (nSPS) is 15.6. The zero-order valence-corrected chi connectivity index (χ0v) is 16.2. The molecule has 0 amide bonds. The fourth-order valence-electron chi connectivity index (χ4n) is 2.98. The van der Waals surface area contributed by atoms with Gasteiger partial charge in [-0.15, -0.1) is 0 Å². The van der Waals surface area contributed by atoms with E-state index in [1.165, 1.54) is 22.3 Å². The lowest BCUT2D eigenvalue weighted by molar-refractivity contribution is 0.307. The Morgan fingerprint density at radius 1 is 1.00 bits per heavy atom. The first-order valence-corrected chi connectivity index (χ1v) is 12.1. The second-order valence-electron chi connectivity index (χ2n) is 7.44. The van der Waals surface area contributed by atoms with Crippen LogP contribution < -0.4 is 4.74 Å². The molecule has 0 saturated carbocycles. The van der Waals surface area contributed by atoms with Gasteiger partial charge >= 0.3 is 0 Å². The van der Waals surface area contributed by atoms with Crippen molar-refractivity contribution in [2.75, 3.05) is 13.6 Å². The minimum Gasteiger partial charge on any atom is -0.488 e. The van der Waals surface area contributed by atoms with E-state index in [9.17, 15) is 0 Å². The molecular formula is C21H27NOSi. The maximum Gasteiger partial charge on any atom is 0.127 e.